The van der Waals surface area contributed by atoms with Gasteiger partial charge in [-0.2, -0.15) is 5.10 Å². The first-order valence-electron chi connectivity index (χ1n) is 5.97. The van der Waals surface area contributed by atoms with E-state index < -0.39 is 40.6 Å². The third kappa shape index (κ3) is 3.62. The number of carboxylic acids is 1. The Morgan fingerprint density at radius 2 is 1.46 bits per heavy atom. The fourth-order valence-electron chi connectivity index (χ4n) is 1.67. The molecule has 2 rings (SSSR count). The lowest BCUT2D eigenvalue weighted by atomic mass is 10.2. The van der Waals surface area contributed by atoms with Crippen LogP contribution in [0.3, 0.4) is 0 Å². The number of nitrogens with zero attached hydrogens (tertiary/aromatic N) is 1. The number of hydrogen-bond donors (Lipinski definition) is 2. The fraction of sp³-hybridized carbons (Fsp3) is 0. The maximum absolute atomic E-state index is 13.4. The highest BCUT2D eigenvalue weighted by molar-refractivity contribution is 5.94. The minimum Gasteiger partial charge on any atom is -0.478 e. The van der Waals surface area contributed by atoms with Crippen LogP contribution in [-0.2, 0) is 0 Å². The normalized spacial score (nSPS) is 10.5. The third-order valence-corrected chi connectivity index (χ3v) is 2.78. The van der Waals surface area contributed by atoms with Gasteiger partial charge in [-0.15, -0.1) is 12.4 Å². The number of hydrogen-bond acceptors (Lipinski definition) is 3. The zero-order chi connectivity index (χ0) is 17.1. The number of para-hydroxylation sites is 1. The summed E-state index contributed by atoms with van der Waals surface area (Å²) in [5.74, 6) is -11.9. The Hall–Kier alpha value is -2.68. The summed E-state index contributed by atoms with van der Waals surface area (Å²) < 4.78 is 65.7. The van der Waals surface area contributed by atoms with Crippen LogP contribution in [0.2, 0.25) is 0 Å². The summed E-state index contributed by atoms with van der Waals surface area (Å²) in [5.41, 5.74) is 0.699. The number of aromatic carboxylic acids is 1. The molecular formula is C14H8ClF5N2O2. The summed E-state index contributed by atoms with van der Waals surface area (Å²) in [6.45, 7) is 0. The van der Waals surface area contributed by atoms with Gasteiger partial charge in [-0.3, -0.25) is 5.43 Å². The van der Waals surface area contributed by atoms with E-state index in [0.717, 1.165) is 0 Å². The molecule has 2 aromatic carbocycles. The molecule has 10 heteroatoms. The van der Waals surface area contributed by atoms with Crippen LogP contribution < -0.4 is 5.43 Å². The lowest BCUT2D eigenvalue weighted by Gasteiger charge is -2.06. The number of benzene rings is 2. The third-order valence-electron chi connectivity index (χ3n) is 2.78. The van der Waals surface area contributed by atoms with Crippen molar-refractivity contribution in [1.82, 2.24) is 0 Å². The second kappa shape index (κ2) is 7.73. The number of rotatable bonds is 4. The summed E-state index contributed by atoms with van der Waals surface area (Å²) in [6.07, 6.45) is 0.370. The van der Waals surface area contributed by atoms with Gasteiger partial charge in [0.25, 0.3) is 0 Å². The molecule has 0 saturated carbocycles. The van der Waals surface area contributed by atoms with Gasteiger partial charge in [-0.1, -0.05) is 12.1 Å². The highest BCUT2D eigenvalue weighted by atomic mass is 35.5. The van der Waals surface area contributed by atoms with Gasteiger partial charge in [0, 0.05) is 0 Å². The highest BCUT2D eigenvalue weighted by Gasteiger charge is 2.24. The van der Waals surface area contributed by atoms with Gasteiger partial charge < -0.3 is 5.11 Å². The Labute approximate surface area is 138 Å². The second-order valence-corrected chi connectivity index (χ2v) is 4.20. The largest absolute Gasteiger partial charge is 0.478 e. The zero-order valence-corrected chi connectivity index (χ0v) is 12.3. The minimum atomic E-state index is -2.28. The smallest absolute Gasteiger partial charge is 0.337 e. The van der Waals surface area contributed by atoms with E-state index >= 15 is 0 Å². The molecule has 0 fully saturated rings. The Bertz CT molecular complexity index is 785. The molecule has 0 atom stereocenters. The Kier molecular flexibility index (Phi) is 6.24. The van der Waals surface area contributed by atoms with Crippen molar-refractivity contribution in [3.05, 3.63) is 64.5 Å². The van der Waals surface area contributed by atoms with Crippen LogP contribution in [-0.4, -0.2) is 17.3 Å². The molecule has 0 saturated heterocycles. The molecule has 0 aliphatic rings. The molecule has 0 aliphatic carbocycles. The van der Waals surface area contributed by atoms with Crippen LogP contribution in [0.4, 0.5) is 27.6 Å². The van der Waals surface area contributed by atoms with Crippen molar-refractivity contribution in [2.24, 2.45) is 5.10 Å². The van der Waals surface area contributed by atoms with Crippen molar-refractivity contribution in [2.45, 2.75) is 0 Å². The molecule has 4 nitrogen and oxygen atoms in total. The van der Waals surface area contributed by atoms with E-state index in [9.17, 15) is 26.7 Å². The number of hydrazone groups is 1. The van der Waals surface area contributed by atoms with Crippen LogP contribution in [0.15, 0.2) is 29.4 Å². The van der Waals surface area contributed by atoms with E-state index in [1.807, 2.05) is 0 Å². The molecule has 0 aliphatic heterocycles. The van der Waals surface area contributed by atoms with Gasteiger partial charge in [0.2, 0.25) is 5.82 Å². The molecule has 2 aromatic rings. The molecular weight excluding hydrogens is 359 g/mol. The maximum atomic E-state index is 13.4. The van der Waals surface area contributed by atoms with Gasteiger partial charge in [-0.25, -0.2) is 26.7 Å². The van der Waals surface area contributed by atoms with Gasteiger partial charge in [0.05, 0.1) is 23.0 Å². The van der Waals surface area contributed by atoms with E-state index in [-0.39, 0.29) is 23.7 Å². The lowest BCUT2D eigenvalue weighted by molar-refractivity contribution is 0.0698. The number of nitrogens with one attached hydrogen (secondary N) is 1. The molecule has 2 N–H and O–H groups in total. The Morgan fingerprint density at radius 1 is 0.958 bits per heavy atom. The van der Waals surface area contributed by atoms with Gasteiger partial charge >= 0.3 is 5.97 Å². The molecule has 0 radical (unpaired) electrons. The van der Waals surface area contributed by atoms with Gasteiger partial charge in [0.15, 0.2) is 23.3 Å². The van der Waals surface area contributed by atoms with Crippen molar-refractivity contribution in [3.8, 4) is 0 Å². The van der Waals surface area contributed by atoms with Crippen molar-refractivity contribution >= 4 is 30.3 Å². The van der Waals surface area contributed by atoms with Crippen LogP contribution in [0, 0.1) is 29.1 Å². The Morgan fingerprint density at radius 3 is 2.00 bits per heavy atom. The number of anilines is 1. The van der Waals surface area contributed by atoms with Crippen LogP contribution >= 0.6 is 12.4 Å². The maximum Gasteiger partial charge on any atom is 0.337 e. The zero-order valence-electron chi connectivity index (χ0n) is 11.5. The molecule has 24 heavy (non-hydrogen) atoms. The van der Waals surface area contributed by atoms with Gasteiger partial charge in [0.1, 0.15) is 0 Å². The number of carbonyl (C=O) groups is 1. The molecule has 128 valence electrons. The Balaban J connectivity index is 0.00000288. The van der Waals surface area contributed by atoms with Crippen molar-refractivity contribution < 1.29 is 31.9 Å². The number of halogens is 6. The predicted molar refractivity (Wildman–Crippen MR) is 78.1 cm³/mol. The van der Waals surface area contributed by atoms with Crippen LogP contribution in [0.5, 0.6) is 0 Å². The van der Waals surface area contributed by atoms with Crippen molar-refractivity contribution in [1.29, 1.82) is 0 Å². The van der Waals surface area contributed by atoms with E-state index in [1.165, 1.54) is 24.3 Å². The fourth-order valence-corrected chi connectivity index (χ4v) is 1.67. The summed E-state index contributed by atoms with van der Waals surface area (Å²) >= 11 is 0. The van der Waals surface area contributed by atoms with E-state index in [4.69, 9.17) is 5.11 Å². The summed E-state index contributed by atoms with van der Waals surface area (Å²) in [4.78, 5) is 10.9. The molecule has 0 aromatic heterocycles. The van der Waals surface area contributed by atoms with E-state index in [1.54, 1.807) is 0 Å². The average molecular weight is 367 g/mol. The van der Waals surface area contributed by atoms with Crippen molar-refractivity contribution in [3.63, 3.8) is 0 Å². The average Bonchev–Trinajstić information content (AvgIpc) is 2.54. The topological polar surface area (TPSA) is 61.7 Å². The number of carboxylic acid groups (broad SMARTS) is 1. The quantitative estimate of drug-likeness (QED) is 0.283. The van der Waals surface area contributed by atoms with Gasteiger partial charge in [-0.05, 0) is 12.1 Å². The molecule has 0 bridgehead atoms. The van der Waals surface area contributed by atoms with Crippen molar-refractivity contribution in [2.75, 3.05) is 5.43 Å². The lowest BCUT2D eigenvalue weighted by Crippen LogP contribution is -2.07. The van der Waals surface area contributed by atoms with Crippen LogP contribution in [0.25, 0.3) is 0 Å². The summed E-state index contributed by atoms with van der Waals surface area (Å²) in [5, 5.41) is 12.2. The predicted octanol–water partition coefficient (Wildman–Crippen LogP) is 3.95. The summed E-state index contributed by atoms with van der Waals surface area (Å²) in [7, 11) is 0. The SMILES string of the molecule is Cl.O=C(O)c1ccccc1N/N=C/c1c(F)c(F)c(F)c(F)c1F. The first-order valence-corrected chi connectivity index (χ1v) is 5.97. The standard InChI is InChI=1S/C14H7F5N2O2.ClH/c15-9-7(10(16)12(18)13(19)11(9)17)5-20-21-8-4-2-1-3-6(8)14(22)23;/h1-5,21H,(H,22,23);1H/b20-5+;. The van der Waals surface area contributed by atoms with E-state index in [2.05, 4.69) is 10.5 Å². The van der Waals surface area contributed by atoms with Crippen LogP contribution in [0.1, 0.15) is 15.9 Å². The summed E-state index contributed by atoms with van der Waals surface area (Å²) in [6, 6.07) is 5.43. The first kappa shape index (κ1) is 19.4. The monoisotopic (exact) mass is 366 g/mol. The molecule has 0 amide bonds. The first-order chi connectivity index (χ1) is 10.8. The molecule has 0 spiro atoms. The molecule has 0 unspecified atom stereocenters. The molecule has 0 heterocycles. The van der Waals surface area contributed by atoms with E-state index in [0.29, 0.717) is 6.21 Å². The highest BCUT2D eigenvalue weighted by Crippen LogP contribution is 2.22. The minimum absolute atomic E-state index is 0. The second-order valence-electron chi connectivity index (χ2n) is 4.20.